The van der Waals surface area contributed by atoms with Crippen LogP contribution in [-0.2, 0) is 0 Å². The molecule has 0 aromatic heterocycles. The summed E-state index contributed by atoms with van der Waals surface area (Å²) in [5.41, 5.74) is 0. The Kier molecular flexibility index (Phi) is 3.72. The molecule has 0 amide bonds. The van der Waals surface area contributed by atoms with Crippen molar-refractivity contribution in [1.29, 1.82) is 0 Å². The van der Waals surface area contributed by atoms with Gasteiger partial charge in [0.1, 0.15) is 0 Å². The van der Waals surface area contributed by atoms with Gasteiger partial charge in [0.2, 0.25) is 0 Å². The Hall–Kier alpha value is -0.0800. The molecule has 2 heteroatoms. The predicted octanol–water partition coefficient (Wildman–Crippen LogP) is 2.50. The fraction of sp³-hybridized carbons (Fsp3) is 1.00. The van der Waals surface area contributed by atoms with Gasteiger partial charge in [-0.15, -0.1) is 0 Å². The van der Waals surface area contributed by atoms with Gasteiger partial charge in [-0.1, -0.05) is 13.3 Å². The fourth-order valence-corrected chi connectivity index (χ4v) is 4.57. The number of hydrogen-bond acceptors (Lipinski definition) is 2. The van der Waals surface area contributed by atoms with Gasteiger partial charge in [0.25, 0.3) is 0 Å². The monoisotopic (exact) mass is 236 g/mol. The van der Waals surface area contributed by atoms with Crippen LogP contribution in [0.1, 0.15) is 45.4 Å². The lowest BCUT2D eigenvalue weighted by atomic mass is 9.92. The summed E-state index contributed by atoms with van der Waals surface area (Å²) in [5.74, 6) is 3.06. The van der Waals surface area contributed by atoms with Crippen molar-refractivity contribution in [3.8, 4) is 0 Å². The summed E-state index contributed by atoms with van der Waals surface area (Å²) < 4.78 is 0. The number of piperidine rings is 1. The molecule has 4 unspecified atom stereocenters. The molecule has 1 saturated heterocycles. The first kappa shape index (κ1) is 12.0. The summed E-state index contributed by atoms with van der Waals surface area (Å²) in [6.07, 6.45) is 8.95. The molecule has 2 saturated carbocycles. The highest BCUT2D eigenvalue weighted by atomic mass is 15.2. The highest BCUT2D eigenvalue weighted by Gasteiger charge is 2.42. The van der Waals surface area contributed by atoms with Crippen LogP contribution in [0.25, 0.3) is 0 Å². The Balaban J connectivity index is 1.55. The largest absolute Gasteiger partial charge is 0.316 e. The molecule has 0 aromatic rings. The second-order valence-electron chi connectivity index (χ2n) is 6.54. The molecule has 1 heterocycles. The highest BCUT2D eigenvalue weighted by molar-refractivity contribution is 4.95. The molecule has 2 bridgehead atoms. The van der Waals surface area contributed by atoms with Crippen LogP contribution in [0.2, 0.25) is 0 Å². The van der Waals surface area contributed by atoms with Crippen LogP contribution in [0.3, 0.4) is 0 Å². The first-order valence-corrected chi connectivity index (χ1v) is 7.81. The second kappa shape index (κ2) is 5.27. The van der Waals surface area contributed by atoms with Crippen molar-refractivity contribution in [2.75, 3.05) is 26.2 Å². The maximum atomic E-state index is 3.56. The molecule has 0 spiro atoms. The summed E-state index contributed by atoms with van der Waals surface area (Å²) in [7, 11) is 0. The number of rotatable bonds is 4. The Bertz CT molecular complexity index is 247. The third-order valence-electron chi connectivity index (χ3n) is 5.47. The average molecular weight is 236 g/mol. The summed E-state index contributed by atoms with van der Waals surface area (Å²) in [4.78, 5) is 2.82. The Morgan fingerprint density at radius 2 is 2.12 bits per heavy atom. The standard InChI is InChI=1S/C15H28N2/c1-2-17(11-13-4-3-7-16-10-13)15-9-12-5-6-14(15)8-12/h12-16H,2-11H2,1H3. The van der Waals surface area contributed by atoms with Gasteiger partial charge in [-0.05, 0) is 69.5 Å². The third kappa shape index (κ3) is 2.53. The van der Waals surface area contributed by atoms with Crippen LogP contribution >= 0.6 is 0 Å². The van der Waals surface area contributed by atoms with Crippen molar-refractivity contribution in [2.45, 2.75) is 51.5 Å². The zero-order valence-corrected chi connectivity index (χ0v) is 11.3. The van der Waals surface area contributed by atoms with E-state index in [1.165, 1.54) is 58.3 Å². The minimum Gasteiger partial charge on any atom is -0.316 e. The van der Waals surface area contributed by atoms with Gasteiger partial charge in [0, 0.05) is 12.6 Å². The van der Waals surface area contributed by atoms with E-state index < -0.39 is 0 Å². The first-order valence-electron chi connectivity index (χ1n) is 7.81. The smallest absolute Gasteiger partial charge is 0.0126 e. The summed E-state index contributed by atoms with van der Waals surface area (Å²) >= 11 is 0. The highest BCUT2D eigenvalue weighted by Crippen LogP contribution is 2.46. The molecule has 3 rings (SSSR count). The first-order chi connectivity index (χ1) is 8.36. The van der Waals surface area contributed by atoms with Gasteiger partial charge >= 0.3 is 0 Å². The van der Waals surface area contributed by atoms with Crippen LogP contribution in [-0.4, -0.2) is 37.1 Å². The van der Waals surface area contributed by atoms with Crippen molar-refractivity contribution < 1.29 is 0 Å². The van der Waals surface area contributed by atoms with E-state index in [0.29, 0.717) is 0 Å². The minimum absolute atomic E-state index is 0.919. The molecule has 1 aliphatic heterocycles. The molecule has 2 aliphatic carbocycles. The van der Waals surface area contributed by atoms with Crippen LogP contribution < -0.4 is 5.32 Å². The van der Waals surface area contributed by atoms with Crippen LogP contribution in [0.4, 0.5) is 0 Å². The Labute approximate surface area is 106 Å². The van der Waals surface area contributed by atoms with Crippen molar-refractivity contribution in [3.63, 3.8) is 0 Å². The molecule has 2 nitrogen and oxygen atoms in total. The average Bonchev–Trinajstić information content (AvgIpc) is 2.99. The van der Waals surface area contributed by atoms with Crippen molar-refractivity contribution in [3.05, 3.63) is 0 Å². The molecular formula is C15H28N2. The Morgan fingerprint density at radius 3 is 2.71 bits per heavy atom. The van der Waals surface area contributed by atoms with Gasteiger partial charge in [-0.2, -0.15) is 0 Å². The lowest BCUT2D eigenvalue weighted by Gasteiger charge is -2.37. The van der Waals surface area contributed by atoms with E-state index >= 15 is 0 Å². The lowest BCUT2D eigenvalue weighted by Crippen LogP contribution is -2.44. The van der Waals surface area contributed by atoms with Gasteiger partial charge < -0.3 is 10.2 Å². The summed E-state index contributed by atoms with van der Waals surface area (Å²) in [5, 5.41) is 3.56. The van der Waals surface area contributed by atoms with E-state index in [0.717, 1.165) is 23.8 Å². The van der Waals surface area contributed by atoms with Crippen molar-refractivity contribution in [2.24, 2.45) is 17.8 Å². The van der Waals surface area contributed by atoms with Gasteiger partial charge in [0.15, 0.2) is 0 Å². The SMILES string of the molecule is CCN(CC1CCCNC1)C1CC2CCC1C2. The topological polar surface area (TPSA) is 15.3 Å². The summed E-state index contributed by atoms with van der Waals surface area (Å²) in [6, 6.07) is 0.945. The van der Waals surface area contributed by atoms with Crippen LogP contribution in [0, 0.1) is 17.8 Å². The number of fused-ring (bicyclic) bond motifs is 2. The van der Waals surface area contributed by atoms with Gasteiger partial charge in [-0.25, -0.2) is 0 Å². The van der Waals surface area contributed by atoms with E-state index in [-0.39, 0.29) is 0 Å². The minimum atomic E-state index is 0.919. The fourth-order valence-electron chi connectivity index (χ4n) is 4.57. The molecule has 4 atom stereocenters. The molecule has 0 aromatic carbocycles. The molecule has 0 radical (unpaired) electrons. The Morgan fingerprint density at radius 1 is 1.18 bits per heavy atom. The van der Waals surface area contributed by atoms with E-state index in [4.69, 9.17) is 0 Å². The van der Waals surface area contributed by atoms with Crippen LogP contribution in [0.15, 0.2) is 0 Å². The van der Waals surface area contributed by atoms with E-state index in [1.807, 2.05) is 0 Å². The molecular weight excluding hydrogens is 208 g/mol. The zero-order chi connectivity index (χ0) is 11.7. The van der Waals surface area contributed by atoms with E-state index in [1.54, 1.807) is 6.42 Å². The molecule has 3 aliphatic rings. The zero-order valence-electron chi connectivity index (χ0n) is 11.3. The number of nitrogens with one attached hydrogen (secondary N) is 1. The molecule has 17 heavy (non-hydrogen) atoms. The quantitative estimate of drug-likeness (QED) is 0.807. The third-order valence-corrected chi connectivity index (χ3v) is 5.47. The summed E-state index contributed by atoms with van der Waals surface area (Å²) in [6.45, 7) is 7.50. The number of nitrogens with zero attached hydrogens (tertiary/aromatic N) is 1. The molecule has 98 valence electrons. The predicted molar refractivity (Wildman–Crippen MR) is 72.1 cm³/mol. The maximum absolute atomic E-state index is 3.56. The van der Waals surface area contributed by atoms with Gasteiger partial charge in [-0.3, -0.25) is 0 Å². The van der Waals surface area contributed by atoms with E-state index in [9.17, 15) is 0 Å². The normalized spacial score (nSPS) is 41.3. The number of hydrogen-bond donors (Lipinski definition) is 1. The van der Waals surface area contributed by atoms with Crippen molar-refractivity contribution >= 4 is 0 Å². The van der Waals surface area contributed by atoms with E-state index in [2.05, 4.69) is 17.1 Å². The van der Waals surface area contributed by atoms with Crippen LogP contribution in [0.5, 0.6) is 0 Å². The molecule has 3 fully saturated rings. The maximum Gasteiger partial charge on any atom is 0.0126 e. The molecule has 1 N–H and O–H groups in total. The van der Waals surface area contributed by atoms with Crippen molar-refractivity contribution in [1.82, 2.24) is 10.2 Å². The lowest BCUT2D eigenvalue weighted by molar-refractivity contribution is 0.119. The van der Waals surface area contributed by atoms with Gasteiger partial charge in [0.05, 0.1) is 0 Å². The second-order valence-corrected chi connectivity index (χ2v) is 6.54.